The van der Waals surface area contributed by atoms with Gasteiger partial charge in [0.05, 0.1) is 27.4 Å². The van der Waals surface area contributed by atoms with Crippen LogP contribution in [0.25, 0.3) is 61.7 Å². The SMILES string of the molecule is C=c1c2c3ccccc3c3c(=O)n(-c4cccc(-c5ccccc5)c4)c4cccc(c4n23)n1C. The topological polar surface area (TPSA) is 31.3 Å². The fourth-order valence-electron chi connectivity index (χ4n) is 5.40. The molecule has 0 unspecified atom stereocenters. The number of nitrogens with zero attached hydrogens (tertiary/aromatic N) is 3. The van der Waals surface area contributed by atoms with Crippen LogP contribution >= 0.6 is 0 Å². The first-order valence-corrected chi connectivity index (χ1v) is 11.3. The van der Waals surface area contributed by atoms with Gasteiger partial charge in [0.15, 0.2) is 0 Å². The molecule has 34 heavy (non-hydrogen) atoms. The van der Waals surface area contributed by atoms with Crippen molar-refractivity contribution in [3.63, 3.8) is 0 Å². The van der Waals surface area contributed by atoms with Crippen molar-refractivity contribution in [2.24, 2.45) is 7.05 Å². The summed E-state index contributed by atoms with van der Waals surface area (Å²) < 4.78 is 6.11. The van der Waals surface area contributed by atoms with Crippen molar-refractivity contribution in [2.45, 2.75) is 0 Å². The largest absolute Gasteiger partial charge is 0.342 e. The number of rotatable bonds is 2. The monoisotopic (exact) mass is 439 g/mol. The molecule has 0 N–H and O–H groups in total. The highest BCUT2D eigenvalue weighted by atomic mass is 16.1. The Morgan fingerprint density at radius 3 is 2.09 bits per heavy atom. The van der Waals surface area contributed by atoms with Gasteiger partial charge in [0.25, 0.3) is 5.56 Å². The molecule has 3 aromatic heterocycles. The maximum Gasteiger partial charge on any atom is 0.280 e. The highest BCUT2D eigenvalue weighted by molar-refractivity contribution is 6.12. The van der Waals surface area contributed by atoms with Gasteiger partial charge in [0.2, 0.25) is 0 Å². The predicted molar refractivity (Wildman–Crippen MR) is 141 cm³/mol. The van der Waals surface area contributed by atoms with Crippen LogP contribution < -0.4 is 10.9 Å². The van der Waals surface area contributed by atoms with Crippen LogP contribution in [-0.2, 0) is 7.05 Å². The Morgan fingerprint density at radius 1 is 0.647 bits per heavy atom. The van der Waals surface area contributed by atoms with Gasteiger partial charge in [-0.05, 0) is 35.4 Å². The Morgan fingerprint density at radius 2 is 1.29 bits per heavy atom. The lowest BCUT2D eigenvalue weighted by Gasteiger charge is -2.18. The van der Waals surface area contributed by atoms with E-state index in [4.69, 9.17) is 0 Å². The minimum absolute atomic E-state index is 0.0327. The van der Waals surface area contributed by atoms with Crippen LogP contribution in [0.1, 0.15) is 0 Å². The third-order valence-corrected chi connectivity index (χ3v) is 7.00. The minimum Gasteiger partial charge on any atom is -0.342 e. The molecule has 0 aliphatic heterocycles. The Kier molecular flexibility index (Phi) is 3.74. The molecule has 0 radical (unpaired) electrons. The van der Waals surface area contributed by atoms with Gasteiger partial charge in [-0.25, -0.2) is 0 Å². The lowest BCUT2D eigenvalue weighted by Crippen LogP contribution is -2.26. The van der Waals surface area contributed by atoms with Gasteiger partial charge in [-0.1, -0.05) is 79.4 Å². The summed E-state index contributed by atoms with van der Waals surface area (Å²) in [7, 11) is 2.04. The third-order valence-electron chi connectivity index (χ3n) is 7.00. The summed E-state index contributed by atoms with van der Waals surface area (Å²) in [5, 5.41) is 2.88. The molecule has 3 heterocycles. The molecule has 0 saturated carbocycles. The van der Waals surface area contributed by atoms with Gasteiger partial charge >= 0.3 is 0 Å². The Hall–Kier alpha value is -4.57. The van der Waals surface area contributed by atoms with Crippen LogP contribution in [0.3, 0.4) is 0 Å². The van der Waals surface area contributed by atoms with Gasteiger partial charge in [0, 0.05) is 23.5 Å². The molecule has 7 rings (SSSR count). The number of para-hydroxylation sites is 1. The molecule has 0 bridgehead atoms. The van der Waals surface area contributed by atoms with Crippen LogP contribution in [0.5, 0.6) is 0 Å². The van der Waals surface area contributed by atoms with E-state index in [2.05, 4.69) is 51.9 Å². The van der Waals surface area contributed by atoms with Crippen molar-refractivity contribution >= 4 is 44.9 Å². The van der Waals surface area contributed by atoms with Gasteiger partial charge in [-0.15, -0.1) is 0 Å². The zero-order valence-electron chi connectivity index (χ0n) is 18.7. The van der Waals surface area contributed by atoms with E-state index in [0.29, 0.717) is 5.52 Å². The summed E-state index contributed by atoms with van der Waals surface area (Å²) in [5.74, 6) is 0. The molecule has 0 aliphatic carbocycles. The molecule has 0 amide bonds. The number of fused-ring (bicyclic) bond motifs is 3. The van der Waals surface area contributed by atoms with Crippen molar-refractivity contribution < 1.29 is 0 Å². The van der Waals surface area contributed by atoms with Crippen LogP contribution in [-0.4, -0.2) is 13.5 Å². The zero-order chi connectivity index (χ0) is 23.0. The maximum atomic E-state index is 14.2. The fourth-order valence-corrected chi connectivity index (χ4v) is 5.40. The number of hydrogen-bond acceptors (Lipinski definition) is 1. The molecule has 4 heteroatoms. The van der Waals surface area contributed by atoms with E-state index in [9.17, 15) is 4.79 Å². The first kappa shape index (κ1) is 18.9. The van der Waals surface area contributed by atoms with Crippen LogP contribution in [0, 0.1) is 0 Å². The molecule has 4 nitrogen and oxygen atoms in total. The Balaban J connectivity index is 1.72. The van der Waals surface area contributed by atoms with Crippen LogP contribution in [0.15, 0.2) is 102 Å². The average molecular weight is 440 g/mol. The Labute approximate surface area is 195 Å². The quantitative estimate of drug-likeness (QED) is 0.341. The highest BCUT2D eigenvalue weighted by Crippen LogP contribution is 2.32. The first-order valence-electron chi connectivity index (χ1n) is 11.3. The van der Waals surface area contributed by atoms with Crippen LogP contribution in [0.4, 0.5) is 0 Å². The molecule has 7 aromatic rings. The fraction of sp³-hybridized carbons (Fsp3) is 0.0333. The molecular formula is C30H21N3O. The molecule has 0 fully saturated rings. The third kappa shape index (κ3) is 2.34. The summed E-state index contributed by atoms with van der Waals surface area (Å²) in [6.07, 6.45) is 0. The zero-order valence-corrected chi connectivity index (χ0v) is 18.7. The van der Waals surface area contributed by atoms with E-state index in [0.717, 1.165) is 55.0 Å². The van der Waals surface area contributed by atoms with E-state index >= 15 is 0 Å². The average Bonchev–Trinajstić information content (AvgIpc) is 3.24. The lowest BCUT2D eigenvalue weighted by molar-refractivity contribution is 0.907. The molecule has 0 spiro atoms. The van der Waals surface area contributed by atoms with E-state index in [1.807, 2.05) is 72.3 Å². The number of aryl methyl sites for hydroxylation is 1. The number of aromatic nitrogens is 3. The number of benzene rings is 4. The molecule has 0 aliphatic rings. The van der Waals surface area contributed by atoms with Crippen molar-refractivity contribution in [3.8, 4) is 16.8 Å². The maximum absolute atomic E-state index is 14.2. The highest BCUT2D eigenvalue weighted by Gasteiger charge is 2.22. The molecule has 4 aromatic carbocycles. The van der Waals surface area contributed by atoms with Gasteiger partial charge in [-0.2, -0.15) is 0 Å². The van der Waals surface area contributed by atoms with Crippen molar-refractivity contribution in [2.75, 3.05) is 0 Å². The Bertz CT molecular complexity index is 2010. The van der Waals surface area contributed by atoms with Crippen molar-refractivity contribution in [3.05, 3.63) is 113 Å². The summed E-state index contributed by atoms with van der Waals surface area (Å²) in [5.41, 5.74) is 7.62. The van der Waals surface area contributed by atoms with Gasteiger partial charge in [-0.3, -0.25) is 13.8 Å². The normalized spacial score (nSPS) is 11.9. The van der Waals surface area contributed by atoms with Crippen molar-refractivity contribution in [1.82, 2.24) is 13.5 Å². The lowest BCUT2D eigenvalue weighted by atomic mass is 10.1. The van der Waals surface area contributed by atoms with E-state index in [-0.39, 0.29) is 5.56 Å². The molecule has 162 valence electrons. The first-order chi connectivity index (χ1) is 16.6. The second-order valence-corrected chi connectivity index (χ2v) is 8.79. The minimum atomic E-state index is -0.0327. The van der Waals surface area contributed by atoms with Gasteiger partial charge in [0.1, 0.15) is 5.52 Å². The number of hydrogen-bond donors (Lipinski definition) is 0. The van der Waals surface area contributed by atoms with Crippen molar-refractivity contribution in [1.29, 1.82) is 0 Å². The van der Waals surface area contributed by atoms with Crippen LogP contribution in [0.2, 0.25) is 0 Å². The van der Waals surface area contributed by atoms with Gasteiger partial charge < -0.3 is 4.57 Å². The smallest absolute Gasteiger partial charge is 0.280 e. The molecular weight excluding hydrogens is 418 g/mol. The standard InChI is InChI=1S/C30H21N3O/c1-19-27-23-14-6-7-15-24(23)28-30(34)32(26-17-9-16-25(31(19)2)29(26)33(27)28)22-13-8-12-21(18-22)20-10-4-3-5-11-20/h3-18H,1H2,2H3. The summed E-state index contributed by atoms with van der Waals surface area (Å²) in [4.78, 5) is 14.2. The summed E-state index contributed by atoms with van der Waals surface area (Å²) in [6.45, 7) is 4.38. The molecule has 0 atom stereocenters. The molecule has 0 saturated heterocycles. The van der Waals surface area contributed by atoms with E-state index < -0.39 is 0 Å². The predicted octanol–water partition coefficient (Wildman–Crippen LogP) is 5.68. The second-order valence-electron chi connectivity index (χ2n) is 8.79. The summed E-state index contributed by atoms with van der Waals surface area (Å²) in [6, 6.07) is 32.7. The second kappa shape index (κ2) is 6.72. The summed E-state index contributed by atoms with van der Waals surface area (Å²) >= 11 is 0. The van der Waals surface area contributed by atoms with E-state index in [1.54, 1.807) is 0 Å². The van der Waals surface area contributed by atoms with E-state index in [1.165, 1.54) is 0 Å².